The van der Waals surface area contributed by atoms with Crippen molar-refractivity contribution in [2.45, 2.75) is 33.6 Å². The second-order valence-electron chi connectivity index (χ2n) is 4.02. The van der Waals surface area contributed by atoms with Gasteiger partial charge in [-0.3, -0.25) is 0 Å². The van der Waals surface area contributed by atoms with E-state index in [0.717, 1.165) is 24.8 Å². The third-order valence-corrected chi connectivity index (χ3v) is 3.00. The smallest absolute Gasteiger partial charge is 0.147 e. The summed E-state index contributed by atoms with van der Waals surface area (Å²) < 4.78 is 0. The fourth-order valence-electron chi connectivity index (χ4n) is 1.74. The van der Waals surface area contributed by atoms with E-state index in [1.165, 1.54) is 12.8 Å². The molecule has 0 spiro atoms. The maximum Gasteiger partial charge on any atom is 0.147 e. The summed E-state index contributed by atoms with van der Waals surface area (Å²) >= 11 is 0. The lowest BCUT2D eigenvalue weighted by Gasteiger charge is -2.26. The second-order valence-corrected chi connectivity index (χ2v) is 4.02. The average molecular weight is 222 g/mol. The van der Waals surface area contributed by atoms with E-state index in [0.29, 0.717) is 5.82 Å². The third-order valence-electron chi connectivity index (χ3n) is 3.00. The van der Waals surface area contributed by atoms with Gasteiger partial charge in [-0.2, -0.15) is 0 Å². The highest BCUT2D eigenvalue weighted by molar-refractivity contribution is 5.39. The zero-order valence-electron chi connectivity index (χ0n) is 10.5. The summed E-state index contributed by atoms with van der Waals surface area (Å²) in [4.78, 5) is 10.6. The molecule has 0 aliphatic heterocycles. The number of nitrogens with two attached hydrogens (primary N) is 1. The number of aromatic nitrogens is 2. The van der Waals surface area contributed by atoms with Crippen molar-refractivity contribution in [2.75, 3.05) is 23.7 Å². The Morgan fingerprint density at radius 1 is 1.19 bits per heavy atom. The van der Waals surface area contributed by atoms with Crippen LogP contribution in [0.3, 0.4) is 0 Å². The van der Waals surface area contributed by atoms with E-state index in [-0.39, 0.29) is 0 Å². The van der Waals surface area contributed by atoms with Crippen LogP contribution in [0.1, 0.15) is 33.6 Å². The number of rotatable bonds is 6. The van der Waals surface area contributed by atoms with Crippen molar-refractivity contribution < 1.29 is 0 Å². The average Bonchev–Trinajstić information content (AvgIpc) is 2.32. The van der Waals surface area contributed by atoms with Gasteiger partial charge in [-0.05, 0) is 12.8 Å². The minimum absolute atomic E-state index is 0.474. The van der Waals surface area contributed by atoms with E-state index < -0.39 is 0 Å². The van der Waals surface area contributed by atoms with Crippen LogP contribution in [0.15, 0.2) is 12.4 Å². The van der Waals surface area contributed by atoms with Crippen molar-refractivity contribution in [2.24, 2.45) is 5.92 Å². The first kappa shape index (κ1) is 12.7. The zero-order valence-corrected chi connectivity index (χ0v) is 10.5. The molecular weight excluding hydrogens is 200 g/mol. The highest BCUT2D eigenvalue weighted by Gasteiger charge is 2.11. The Morgan fingerprint density at radius 3 is 2.31 bits per heavy atom. The van der Waals surface area contributed by atoms with Crippen molar-refractivity contribution >= 4 is 11.6 Å². The molecule has 0 fully saturated rings. The van der Waals surface area contributed by atoms with Gasteiger partial charge in [0.05, 0.1) is 12.4 Å². The van der Waals surface area contributed by atoms with Crippen LogP contribution >= 0.6 is 0 Å². The van der Waals surface area contributed by atoms with Crippen LogP contribution in [0.4, 0.5) is 11.6 Å². The number of nitrogens with zero attached hydrogens (tertiary/aromatic N) is 3. The molecule has 0 saturated heterocycles. The molecule has 2 N–H and O–H groups in total. The minimum atomic E-state index is 0.474. The fourth-order valence-corrected chi connectivity index (χ4v) is 1.74. The van der Waals surface area contributed by atoms with Gasteiger partial charge in [0.1, 0.15) is 11.6 Å². The lowest BCUT2D eigenvalue weighted by Crippen LogP contribution is -2.29. The molecule has 0 aromatic carbocycles. The molecule has 0 aliphatic rings. The number of anilines is 2. The molecule has 1 rings (SSSR count). The molecule has 0 amide bonds. The molecule has 4 nitrogen and oxygen atoms in total. The van der Waals surface area contributed by atoms with Gasteiger partial charge in [-0.25, -0.2) is 9.97 Å². The van der Waals surface area contributed by atoms with Crippen LogP contribution < -0.4 is 10.6 Å². The summed E-state index contributed by atoms with van der Waals surface area (Å²) in [7, 11) is 0. The normalized spacial score (nSPS) is 10.8. The van der Waals surface area contributed by atoms with E-state index in [2.05, 4.69) is 35.6 Å². The first-order chi connectivity index (χ1) is 7.71. The van der Waals surface area contributed by atoms with E-state index >= 15 is 0 Å². The summed E-state index contributed by atoms with van der Waals surface area (Å²) in [6.45, 7) is 8.60. The van der Waals surface area contributed by atoms with Gasteiger partial charge in [0.25, 0.3) is 0 Å². The molecular formula is C12H22N4. The number of hydrogen-bond acceptors (Lipinski definition) is 4. The maximum atomic E-state index is 5.53. The number of nitrogen functional groups attached to an aromatic ring is 1. The predicted molar refractivity (Wildman–Crippen MR) is 68.4 cm³/mol. The Hall–Kier alpha value is -1.32. The molecule has 0 aliphatic carbocycles. The van der Waals surface area contributed by atoms with Crippen LogP contribution in [-0.2, 0) is 0 Å². The molecule has 1 aromatic rings. The Labute approximate surface area is 97.9 Å². The number of hydrogen-bond donors (Lipinski definition) is 1. The van der Waals surface area contributed by atoms with Crippen molar-refractivity contribution in [3.05, 3.63) is 12.4 Å². The monoisotopic (exact) mass is 222 g/mol. The van der Waals surface area contributed by atoms with Crippen LogP contribution in [0.5, 0.6) is 0 Å². The lowest BCUT2D eigenvalue weighted by molar-refractivity contribution is 0.484. The standard InChI is InChI=1S/C12H22N4/c1-4-10(5-2)9-16(6-3)12-8-14-11(13)7-15-12/h7-8,10H,4-6,9H2,1-3H3,(H2,13,14). The van der Waals surface area contributed by atoms with Crippen LogP contribution in [-0.4, -0.2) is 23.1 Å². The van der Waals surface area contributed by atoms with Gasteiger partial charge in [-0.15, -0.1) is 0 Å². The van der Waals surface area contributed by atoms with Crippen LogP contribution in [0.25, 0.3) is 0 Å². The molecule has 4 heteroatoms. The van der Waals surface area contributed by atoms with Gasteiger partial charge in [0.15, 0.2) is 0 Å². The molecule has 16 heavy (non-hydrogen) atoms. The third kappa shape index (κ3) is 3.36. The zero-order chi connectivity index (χ0) is 12.0. The quantitative estimate of drug-likeness (QED) is 0.802. The molecule has 0 atom stereocenters. The maximum absolute atomic E-state index is 5.53. The molecule has 0 bridgehead atoms. The summed E-state index contributed by atoms with van der Waals surface area (Å²) in [5.74, 6) is 2.12. The summed E-state index contributed by atoms with van der Waals surface area (Å²) in [5, 5.41) is 0. The van der Waals surface area contributed by atoms with Crippen molar-refractivity contribution in [3.63, 3.8) is 0 Å². The summed E-state index contributed by atoms with van der Waals surface area (Å²) in [5.41, 5.74) is 5.53. The van der Waals surface area contributed by atoms with Gasteiger partial charge >= 0.3 is 0 Å². The second kappa shape index (κ2) is 6.30. The largest absolute Gasteiger partial charge is 0.382 e. The molecule has 0 saturated carbocycles. The predicted octanol–water partition coefficient (Wildman–Crippen LogP) is 2.32. The summed E-state index contributed by atoms with van der Waals surface area (Å²) in [6, 6.07) is 0. The van der Waals surface area contributed by atoms with Crippen LogP contribution in [0, 0.1) is 5.92 Å². The fraction of sp³-hybridized carbons (Fsp3) is 0.667. The van der Waals surface area contributed by atoms with E-state index in [1.54, 1.807) is 12.4 Å². The lowest BCUT2D eigenvalue weighted by atomic mass is 10.0. The van der Waals surface area contributed by atoms with Crippen molar-refractivity contribution in [3.8, 4) is 0 Å². The Bertz CT molecular complexity index is 292. The molecule has 1 aromatic heterocycles. The van der Waals surface area contributed by atoms with Gasteiger partial charge in [0.2, 0.25) is 0 Å². The molecule has 1 heterocycles. The minimum Gasteiger partial charge on any atom is -0.382 e. The summed E-state index contributed by atoms with van der Waals surface area (Å²) in [6.07, 6.45) is 5.77. The van der Waals surface area contributed by atoms with Gasteiger partial charge < -0.3 is 10.6 Å². The SMILES string of the molecule is CCC(CC)CN(CC)c1cnc(N)cn1. The highest BCUT2D eigenvalue weighted by Crippen LogP contribution is 2.15. The Morgan fingerprint density at radius 2 is 1.88 bits per heavy atom. The molecule has 90 valence electrons. The topological polar surface area (TPSA) is 55.0 Å². The molecule has 0 radical (unpaired) electrons. The Balaban J connectivity index is 2.70. The van der Waals surface area contributed by atoms with Crippen molar-refractivity contribution in [1.29, 1.82) is 0 Å². The van der Waals surface area contributed by atoms with E-state index in [4.69, 9.17) is 5.73 Å². The van der Waals surface area contributed by atoms with Crippen molar-refractivity contribution in [1.82, 2.24) is 9.97 Å². The first-order valence-electron chi connectivity index (χ1n) is 6.03. The van der Waals surface area contributed by atoms with Gasteiger partial charge in [-0.1, -0.05) is 26.7 Å². The van der Waals surface area contributed by atoms with E-state index in [1.807, 2.05) is 0 Å². The van der Waals surface area contributed by atoms with Gasteiger partial charge in [0, 0.05) is 13.1 Å². The molecule has 0 unspecified atom stereocenters. The van der Waals surface area contributed by atoms with Crippen LogP contribution in [0.2, 0.25) is 0 Å². The highest BCUT2D eigenvalue weighted by atomic mass is 15.2. The Kier molecular flexibility index (Phi) is 5.02. The van der Waals surface area contributed by atoms with E-state index in [9.17, 15) is 0 Å². The first-order valence-corrected chi connectivity index (χ1v) is 6.03.